The molecule has 3 nitrogen and oxygen atoms in total. The number of rotatable bonds is 3. The Balaban J connectivity index is 1.91. The van der Waals surface area contributed by atoms with E-state index in [0.717, 1.165) is 26.8 Å². The molecule has 0 saturated heterocycles. The standard InChI is InChI=1S/C20H13BrFN3/c21-13-5-6-17(22)16(11-13)20-12-19(24-14-7-9-23-10-8-14)15-3-1-2-4-18(15)25-20/h1-12H,(H,23,24,25). The van der Waals surface area contributed by atoms with Crippen LogP contribution >= 0.6 is 15.9 Å². The predicted molar refractivity (Wildman–Crippen MR) is 102 cm³/mol. The van der Waals surface area contributed by atoms with Gasteiger partial charge in [-0.1, -0.05) is 34.1 Å². The molecule has 0 bridgehead atoms. The first-order valence-electron chi connectivity index (χ1n) is 7.73. The van der Waals surface area contributed by atoms with Crippen LogP contribution in [0.2, 0.25) is 0 Å². The summed E-state index contributed by atoms with van der Waals surface area (Å²) in [5.74, 6) is -0.305. The molecule has 0 aliphatic rings. The van der Waals surface area contributed by atoms with Gasteiger partial charge in [-0.2, -0.15) is 0 Å². The van der Waals surface area contributed by atoms with E-state index in [0.29, 0.717) is 11.3 Å². The topological polar surface area (TPSA) is 37.8 Å². The van der Waals surface area contributed by atoms with Crippen molar-refractivity contribution in [2.75, 3.05) is 5.32 Å². The second-order valence-corrected chi connectivity index (χ2v) is 6.47. The van der Waals surface area contributed by atoms with E-state index in [1.54, 1.807) is 24.5 Å². The van der Waals surface area contributed by atoms with Crippen LogP contribution in [0.25, 0.3) is 22.2 Å². The number of fused-ring (bicyclic) bond motifs is 1. The maximum atomic E-state index is 14.3. The number of nitrogens with zero attached hydrogens (tertiary/aromatic N) is 2. The van der Waals surface area contributed by atoms with Gasteiger partial charge in [0.2, 0.25) is 0 Å². The van der Waals surface area contributed by atoms with Crippen molar-refractivity contribution in [2.45, 2.75) is 0 Å². The number of anilines is 2. The number of benzene rings is 2. The highest BCUT2D eigenvalue weighted by atomic mass is 79.9. The molecule has 25 heavy (non-hydrogen) atoms. The second kappa shape index (κ2) is 6.61. The van der Waals surface area contributed by atoms with E-state index < -0.39 is 0 Å². The average molecular weight is 394 g/mol. The Labute approximate surface area is 152 Å². The zero-order valence-electron chi connectivity index (χ0n) is 13.1. The lowest BCUT2D eigenvalue weighted by atomic mass is 10.1. The molecule has 0 unspecified atom stereocenters. The molecule has 0 spiro atoms. The quantitative estimate of drug-likeness (QED) is 0.467. The summed E-state index contributed by atoms with van der Waals surface area (Å²) >= 11 is 3.40. The maximum Gasteiger partial charge on any atom is 0.132 e. The number of nitrogens with one attached hydrogen (secondary N) is 1. The normalized spacial score (nSPS) is 10.8. The van der Waals surface area contributed by atoms with Crippen molar-refractivity contribution in [2.24, 2.45) is 0 Å². The molecular weight excluding hydrogens is 381 g/mol. The molecule has 1 N–H and O–H groups in total. The number of hydrogen-bond donors (Lipinski definition) is 1. The highest BCUT2D eigenvalue weighted by Crippen LogP contribution is 2.32. The Bertz CT molecular complexity index is 1050. The van der Waals surface area contributed by atoms with Crippen LogP contribution in [-0.4, -0.2) is 9.97 Å². The Morgan fingerprint density at radius 1 is 0.920 bits per heavy atom. The maximum absolute atomic E-state index is 14.3. The van der Waals surface area contributed by atoms with Crippen molar-refractivity contribution in [3.05, 3.63) is 83.3 Å². The summed E-state index contributed by atoms with van der Waals surface area (Å²) in [5.41, 5.74) is 3.61. The van der Waals surface area contributed by atoms with Crippen LogP contribution in [0.3, 0.4) is 0 Å². The van der Waals surface area contributed by atoms with E-state index in [9.17, 15) is 4.39 Å². The molecule has 122 valence electrons. The minimum Gasteiger partial charge on any atom is -0.355 e. The molecule has 0 saturated carbocycles. The van der Waals surface area contributed by atoms with Crippen LogP contribution in [0.15, 0.2) is 77.5 Å². The first kappa shape index (κ1) is 15.7. The van der Waals surface area contributed by atoms with Gasteiger partial charge in [-0.05, 0) is 42.5 Å². The number of halogens is 2. The van der Waals surface area contributed by atoms with E-state index in [1.807, 2.05) is 42.5 Å². The van der Waals surface area contributed by atoms with E-state index >= 15 is 0 Å². The molecule has 4 rings (SSSR count). The largest absolute Gasteiger partial charge is 0.355 e. The SMILES string of the molecule is Fc1ccc(Br)cc1-c1cc(Nc2ccncc2)c2ccccc2n1. The molecule has 0 aliphatic heterocycles. The van der Waals surface area contributed by atoms with Gasteiger partial charge >= 0.3 is 0 Å². The van der Waals surface area contributed by atoms with Crippen molar-refractivity contribution in [3.8, 4) is 11.3 Å². The summed E-state index contributed by atoms with van der Waals surface area (Å²) in [7, 11) is 0. The monoisotopic (exact) mass is 393 g/mol. The molecule has 0 amide bonds. The first-order chi connectivity index (χ1) is 12.2. The number of hydrogen-bond acceptors (Lipinski definition) is 3. The van der Waals surface area contributed by atoms with Crippen LogP contribution in [0.1, 0.15) is 0 Å². The lowest BCUT2D eigenvalue weighted by Gasteiger charge is -2.12. The van der Waals surface area contributed by atoms with Gasteiger partial charge in [0, 0.05) is 33.5 Å². The minimum absolute atomic E-state index is 0.305. The molecule has 2 heterocycles. The summed E-state index contributed by atoms with van der Waals surface area (Å²) in [6, 6.07) is 18.3. The summed E-state index contributed by atoms with van der Waals surface area (Å²) in [5, 5.41) is 4.35. The molecule has 5 heteroatoms. The van der Waals surface area contributed by atoms with Crippen LogP contribution in [0, 0.1) is 5.82 Å². The number of pyridine rings is 2. The van der Waals surface area contributed by atoms with Crippen LogP contribution in [-0.2, 0) is 0 Å². The van der Waals surface area contributed by atoms with Gasteiger partial charge in [-0.15, -0.1) is 0 Å². The van der Waals surface area contributed by atoms with Gasteiger partial charge in [-0.25, -0.2) is 9.37 Å². The van der Waals surface area contributed by atoms with E-state index in [4.69, 9.17) is 0 Å². The average Bonchev–Trinajstić information content (AvgIpc) is 2.64. The number of aromatic nitrogens is 2. The predicted octanol–water partition coefficient (Wildman–Crippen LogP) is 5.94. The highest BCUT2D eigenvalue weighted by Gasteiger charge is 2.12. The van der Waals surface area contributed by atoms with Crippen LogP contribution < -0.4 is 5.32 Å². The van der Waals surface area contributed by atoms with Gasteiger partial charge in [-0.3, -0.25) is 4.98 Å². The zero-order chi connectivity index (χ0) is 17.2. The van der Waals surface area contributed by atoms with Crippen molar-refractivity contribution in [3.63, 3.8) is 0 Å². The van der Waals surface area contributed by atoms with Crippen molar-refractivity contribution in [1.82, 2.24) is 9.97 Å². The fourth-order valence-corrected chi connectivity index (χ4v) is 3.06. The molecule has 4 aromatic rings. The van der Waals surface area contributed by atoms with E-state index in [1.165, 1.54) is 6.07 Å². The van der Waals surface area contributed by atoms with Gasteiger partial charge in [0.05, 0.1) is 16.9 Å². The second-order valence-electron chi connectivity index (χ2n) is 5.56. The fraction of sp³-hybridized carbons (Fsp3) is 0. The molecule has 2 aromatic heterocycles. The van der Waals surface area contributed by atoms with Crippen molar-refractivity contribution >= 4 is 38.2 Å². The highest BCUT2D eigenvalue weighted by molar-refractivity contribution is 9.10. The van der Waals surface area contributed by atoms with Gasteiger partial charge in [0.25, 0.3) is 0 Å². The third kappa shape index (κ3) is 3.23. The third-order valence-electron chi connectivity index (χ3n) is 3.88. The fourth-order valence-electron chi connectivity index (χ4n) is 2.70. The Hall–Kier alpha value is -2.79. The van der Waals surface area contributed by atoms with Crippen molar-refractivity contribution < 1.29 is 4.39 Å². The molecule has 2 aromatic carbocycles. The van der Waals surface area contributed by atoms with Crippen LogP contribution in [0.4, 0.5) is 15.8 Å². The lowest BCUT2D eigenvalue weighted by Crippen LogP contribution is -1.96. The van der Waals surface area contributed by atoms with E-state index in [2.05, 4.69) is 31.2 Å². The molecule has 0 atom stereocenters. The number of para-hydroxylation sites is 1. The van der Waals surface area contributed by atoms with Crippen molar-refractivity contribution in [1.29, 1.82) is 0 Å². The Kier molecular flexibility index (Phi) is 4.15. The minimum atomic E-state index is -0.305. The summed E-state index contributed by atoms with van der Waals surface area (Å²) < 4.78 is 15.1. The Morgan fingerprint density at radius 2 is 1.72 bits per heavy atom. The summed E-state index contributed by atoms with van der Waals surface area (Å²) in [4.78, 5) is 8.67. The first-order valence-corrected chi connectivity index (χ1v) is 8.52. The van der Waals surface area contributed by atoms with Gasteiger partial charge in [0.15, 0.2) is 0 Å². The molecular formula is C20H13BrFN3. The zero-order valence-corrected chi connectivity index (χ0v) is 14.7. The van der Waals surface area contributed by atoms with Gasteiger partial charge in [0.1, 0.15) is 5.82 Å². The molecule has 0 fully saturated rings. The van der Waals surface area contributed by atoms with Gasteiger partial charge < -0.3 is 5.32 Å². The smallest absolute Gasteiger partial charge is 0.132 e. The lowest BCUT2D eigenvalue weighted by molar-refractivity contribution is 0.630. The molecule has 0 aliphatic carbocycles. The summed E-state index contributed by atoms with van der Waals surface area (Å²) in [6.45, 7) is 0. The molecule has 0 radical (unpaired) electrons. The third-order valence-corrected chi connectivity index (χ3v) is 4.37. The van der Waals surface area contributed by atoms with E-state index in [-0.39, 0.29) is 5.82 Å². The summed E-state index contributed by atoms with van der Waals surface area (Å²) in [6.07, 6.45) is 3.45. The Morgan fingerprint density at radius 3 is 2.56 bits per heavy atom. The van der Waals surface area contributed by atoms with Crippen LogP contribution in [0.5, 0.6) is 0 Å².